The molecule has 1 saturated heterocycles. The van der Waals surface area contributed by atoms with Gasteiger partial charge in [0.15, 0.2) is 0 Å². The lowest BCUT2D eigenvalue weighted by Gasteiger charge is -2.51. The molecule has 0 N–H and O–H groups in total. The molecule has 1 fully saturated rings. The second kappa shape index (κ2) is 4.40. The van der Waals surface area contributed by atoms with E-state index in [1.165, 1.54) is 0 Å². The number of ether oxygens (including phenoxy) is 1. The summed E-state index contributed by atoms with van der Waals surface area (Å²) in [5, 5.41) is 0. The molecule has 0 bridgehead atoms. The van der Waals surface area contributed by atoms with Crippen LogP contribution in [0.2, 0.25) is 0 Å². The molecular weight excluding hydrogens is 254 g/mol. The van der Waals surface area contributed by atoms with E-state index in [-0.39, 0.29) is 11.9 Å². The van der Waals surface area contributed by atoms with Crippen LogP contribution in [0.1, 0.15) is 25.6 Å². The molecule has 0 unspecified atom stereocenters. The monoisotopic (exact) mass is 271 g/mol. The van der Waals surface area contributed by atoms with Gasteiger partial charge in [-0.2, -0.15) is 0 Å². The summed E-state index contributed by atoms with van der Waals surface area (Å²) < 4.78 is 10.6. The van der Waals surface area contributed by atoms with Crippen molar-refractivity contribution in [2.45, 2.75) is 19.9 Å². The Balaban J connectivity index is 1.97. The van der Waals surface area contributed by atoms with E-state index in [1.807, 2.05) is 50.2 Å². The fourth-order valence-electron chi connectivity index (χ4n) is 2.74. The Morgan fingerprint density at radius 3 is 2.45 bits per heavy atom. The summed E-state index contributed by atoms with van der Waals surface area (Å²) in [7, 11) is 1.62. The van der Waals surface area contributed by atoms with Gasteiger partial charge in [-0.15, -0.1) is 0 Å². The van der Waals surface area contributed by atoms with Crippen LogP contribution in [-0.4, -0.2) is 13.0 Å². The molecule has 3 rings (SSSR count). The van der Waals surface area contributed by atoms with Gasteiger partial charge in [-0.1, -0.05) is 0 Å². The molecule has 20 heavy (non-hydrogen) atoms. The van der Waals surface area contributed by atoms with Gasteiger partial charge in [0.1, 0.15) is 17.6 Å². The van der Waals surface area contributed by atoms with Gasteiger partial charge in [0.2, 0.25) is 5.91 Å². The van der Waals surface area contributed by atoms with E-state index in [0.717, 1.165) is 17.2 Å². The minimum Gasteiger partial charge on any atom is -0.497 e. The van der Waals surface area contributed by atoms with E-state index in [0.29, 0.717) is 0 Å². The van der Waals surface area contributed by atoms with Crippen molar-refractivity contribution in [1.29, 1.82) is 0 Å². The third-order valence-corrected chi connectivity index (χ3v) is 3.88. The lowest BCUT2D eigenvalue weighted by Crippen LogP contribution is -2.60. The summed E-state index contributed by atoms with van der Waals surface area (Å²) >= 11 is 0. The first-order valence-corrected chi connectivity index (χ1v) is 6.57. The zero-order valence-corrected chi connectivity index (χ0v) is 11.8. The summed E-state index contributed by atoms with van der Waals surface area (Å²) in [4.78, 5) is 14.2. The molecule has 0 radical (unpaired) electrons. The predicted molar refractivity (Wildman–Crippen MR) is 75.7 cm³/mol. The summed E-state index contributed by atoms with van der Waals surface area (Å²) in [6.45, 7) is 3.89. The van der Waals surface area contributed by atoms with Crippen molar-refractivity contribution >= 4 is 11.6 Å². The minimum absolute atomic E-state index is 0.0709. The van der Waals surface area contributed by atoms with Gasteiger partial charge in [-0.25, -0.2) is 0 Å². The molecule has 2 aromatic rings. The van der Waals surface area contributed by atoms with Crippen LogP contribution in [0, 0.1) is 5.41 Å². The number of anilines is 1. The van der Waals surface area contributed by atoms with Crippen molar-refractivity contribution in [2.75, 3.05) is 12.0 Å². The van der Waals surface area contributed by atoms with Gasteiger partial charge in [0.05, 0.1) is 18.8 Å². The van der Waals surface area contributed by atoms with E-state index < -0.39 is 5.41 Å². The molecule has 1 aromatic carbocycles. The van der Waals surface area contributed by atoms with Crippen molar-refractivity contribution in [3.63, 3.8) is 0 Å². The number of carbonyl (C=O) groups excluding carboxylic acids is 1. The molecular formula is C16H17NO3. The SMILES string of the molecule is COc1ccc(N2C(=O)C(C)(C)[C@@H]2c2ccco2)cc1. The maximum Gasteiger partial charge on any atom is 0.235 e. The Bertz CT molecular complexity index is 614. The molecule has 0 saturated carbocycles. The second-order valence-corrected chi connectivity index (χ2v) is 5.51. The molecule has 1 aromatic heterocycles. The maximum atomic E-state index is 12.4. The van der Waals surface area contributed by atoms with Crippen molar-refractivity contribution in [2.24, 2.45) is 5.41 Å². The zero-order valence-electron chi connectivity index (χ0n) is 11.8. The molecule has 1 aliphatic heterocycles. The first-order chi connectivity index (χ1) is 9.55. The summed E-state index contributed by atoms with van der Waals surface area (Å²) in [6, 6.07) is 11.2. The smallest absolute Gasteiger partial charge is 0.235 e. The van der Waals surface area contributed by atoms with E-state index in [1.54, 1.807) is 18.3 Å². The molecule has 1 amide bonds. The highest BCUT2D eigenvalue weighted by Gasteiger charge is 2.56. The van der Waals surface area contributed by atoms with Crippen molar-refractivity contribution in [3.8, 4) is 5.75 Å². The van der Waals surface area contributed by atoms with Crippen LogP contribution in [0.4, 0.5) is 5.69 Å². The van der Waals surface area contributed by atoms with E-state index in [4.69, 9.17) is 9.15 Å². The van der Waals surface area contributed by atoms with Crippen LogP contribution in [0.5, 0.6) is 5.75 Å². The Hall–Kier alpha value is -2.23. The predicted octanol–water partition coefficient (Wildman–Crippen LogP) is 3.40. The number of rotatable bonds is 3. The number of hydrogen-bond donors (Lipinski definition) is 0. The number of amides is 1. The third-order valence-electron chi connectivity index (χ3n) is 3.88. The molecule has 4 heteroatoms. The number of carbonyl (C=O) groups is 1. The van der Waals surface area contributed by atoms with Gasteiger partial charge in [0.25, 0.3) is 0 Å². The molecule has 0 spiro atoms. The van der Waals surface area contributed by atoms with Crippen LogP contribution >= 0.6 is 0 Å². The largest absolute Gasteiger partial charge is 0.497 e. The van der Waals surface area contributed by atoms with Gasteiger partial charge < -0.3 is 14.1 Å². The second-order valence-electron chi connectivity index (χ2n) is 5.51. The summed E-state index contributed by atoms with van der Waals surface area (Å²) in [5.74, 6) is 1.69. The molecule has 1 aliphatic rings. The molecule has 1 atom stereocenters. The lowest BCUT2D eigenvalue weighted by molar-refractivity contribution is -0.138. The number of nitrogens with zero attached hydrogens (tertiary/aromatic N) is 1. The Morgan fingerprint density at radius 2 is 1.90 bits per heavy atom. The average Bonchev–Trinajstić information content (AvgIpc) is 2.97. The highest BCUT2D eigenvalue weighted by atomic mass is 16.5. The zero-order chi connectivity index (χ0) is 14.3. The topological polar surface area (TPSA) is 42.7 Å². The maximum absolute atomic E-state index is 12.4. The van der Waals surface area contributed by atoms with Gasteiger partial charge in [-0.3, -0.25) is 4.79 Å². The first kappa shape index (κ1) is 12.8. The highest BCUT2D eigenvalue weighted by Crippen LogP contribution is 2.51. The third kappa shape index (κ3) is 1.72. The first-order valence-electron chi connectivity index (χ1n) is 6.57. The van der Waals surface area contributed by atoms with Crippen molar-refractivity contribution in [3.05, 3.63) is 48.4 Å². The lowest BCUT2D eigenvalue weighted by atomic mass is 9.72. The fraction of sp³-hybridized carbons (Fsp3) is 0.312. The van der Waals surface area contributed by atoms with Crippen molar-refractivity contribution < 1.29 is 13.9 Å². The van der Waals surface area contributed by atoms with Gasteiger partial charge in [-0.05, 0) is 50.2 Å². The standard InChI is InChI=1S/C16H17NO3/c1-16(2)14(13-5-4-10-20-13)17(15(16)18)11-6-8-12(19-3)9-7-11/h4-10,14H,1-3H3/t14-/m0/s1. The van der Waals surface area contributed by atoms with E-state index in [2.05, 4.69) is 0 Å². The van der Waals surface area contributed by atoms with Gasteiger partial charge in [0, 0.05) is 5.69 Å². The van der Waals surface area contributed by atoms with Crippen LogP contribution in [-0.2, 0) is 4.79 Å². The molecule has 2 heterocycles. The Labute approximate surface area is 118 Å². The molecule has 4 nitrogen and oxygen atoms in total. The Kier molecular flexibility index (Phi) is 2.82. The number of methoxy groups -OCH3 is 1. The fourth-order valence-corrected chi connectivity index (χ4v) is 2.74. The van der Waals surface area contributed by atoms with Gasteiger partial charge >= 0.3 is 0 Å². The van der Waals surface area contributed by atoms with Crippen LogP contribution in [0.3, 0.4) is 0 Å². The molecule has 0 aliphatic carbocycles. The minimum atomic E-state index is -0.447. The number of hydrogen-bond acceptors (Lipinski definition) is 3. The normalized spacial score (nSPS) is 20.6. The summed E-state index contributed by atoms with van der Waals surface area (Å²) in [6.07, 6.45) is 1.64. The number of furan rings is 1. The molecule has 104 valence electrons. The van der Waals surface area contributed by atoms with Crippen LogP contribution in [0.15, 0.2) is 47.1 Å². The van der Waals surface area contributed by atoms with E-state index in [9.17, 15) is 4.79 Å². The Morgan fingerprint density at radius 1 is 1.20 bits per heavy atom. The number of benzene rings is 1. The highest BCUT2D eigenvalue weighted by molar-refractivity contribution is 6.05. The summed E-state index contributed by atoms with van der Waals surface area (Å²) in [5.41, 5.74) is 0.411. The average molecular weight is 271 g/mol. The quantitative estimate of drug-likeness (QED) is 0.803. The van der Waals surface area contributed by atoms with Crippen molar-refractivity contribution in [1.82, 2.24) is 0 Å². The van der Waals surface area contributed by atoms with E-state index >= 15 is 0 Å². The van der Waals surface area contributed by atoms with Crippen LogP contribution < -0.4 is 9.64 Å². The number of β-lactam (4-membered cyclic amide) rings is 1. The van der Waals surface area contributed by atoms with Crippen LogP contribution in [0.25, 0.3) is 0 Å².